The van der Waals surface area contributed by atoms with Gasteiger partial charge in [0.2, 0.25) is 0 Å². The van der Waals surface area contributed by atoms with Crippen LogP contribution in [0.2, 0.25) is 0 Å². The van der Waals surface area contributed by atoms with Crippen LogP contribution in [0, 0.1) is 5.92 Å². The van der Waals surface area contributed by atoms with E-state index in [-0.39, 0.29) is 36.2 Å². The summed E-state index contributed by atoms with van der Waals surface area (Å²) in [6.45, 7) is 1.72. The minimum Gasteiger partial charge on any atom is -0.445 e. The highest BCUT2D eigenvalue weighted by molar-refractivity contribution is 5.81. The summed E-state index contributed by atoms with van der Waals surface area (Å²) in [7, 11) is 0. The van der Waals surface area contributed by atoms with Crippen molar-refractivity contribution in [2.45, 2.75) is 69.9 Å². The van der Waals surface area contributed by atoms with Crippen molar-refractivity contribution in [2.75, 3.05) is 13.2 Å². The molecule has 0 saturated carbocycles. The molecule has 2 atom stereocenters. The lowest BCUT2D eigenvalue weighted by atomic mass is 9.86. The lowest BCUT2D eigenvalue weighted by Crippen LogP contribution is -2.48. The molecule has 3 heterocycles. The van der Waals surface area contributed by atoms with Gasteiger partial charge in [-0.3, -0.25) is 4.79 Å². The van der Waals surface area contributed by atoms with E-state index in [0.717, 1.165) is 37.7 Å². The Balaban J connectivity index is 1.26. The molecule has 1 aromatic carbocycles. The number of nitrogens with zero attached hydrogens (tertiary/aromatic N) is 1. The van der Waals surface area contributed by atoms with Gasteiger partial charge in [0.1, 0.15) is 12.4 Å². The van der Waals surface area contributed by atoms with Crippen LogP contribution in [0.15, 0.2) is 30.3 Å². The molecule has 0 spiro atoms. The largest absolute Gasteiger partial charge is 0.445 e. The summed E-state index contributed by atoms with van der Waals surface area (Å²) in [4.78, 5) is 27.2. The highest BCUT2D eigenvalue weighted by Gasteiger charge is 2.45. The maximum absolute atomic E-state index is 12.7. The number of rotatable bonds is 6. The predicted octanol–water partition coefficient (Wildman–Crippen LogP) is 3.68. The maximum atomic E-state index is 12.7. The molecule has 0 radical (unpaired) electrons. The fraction of sp³-hybridized carbons (Fsp3) is 0.636. The Morgan fingerprint density at radius 3 is 2.39 bits per heavy atom. The Kier molecular flexibility index (Phi) is 6.27. The van der Waals surface area contributed by atoms with Gasteiger partial charge < -0.3 is 19.1 Å². The number of Topliss-reactive ketones (excluding diaryl/α,β-unsaturated/α-hetero) is 1. The minimum absolute atomic E-state index is 0.0410. The highest BCUT2D eigenvalue weighted by Crippen LogP contribution is 2.40. The van der Waals surface area contributed by atoms with E-state index in [1.54, 1.807) is 0 Å². The van der Waals surface area contributed by atoms with Gasteiger partial charge in [-0.25, -0.2) is 4.79 Å². The van der Waals surface area contributed by atoms with Crippen LogP contribution in [-0.2, 0) is 25.6 Å². The van der Waals surface area contributed by atoms with Crippen molar-refractivity contribution in [1.29, 1.82) is 0 Å². The SMILES string of the molecule is O=C(CCC1OCCCO1)C1CC2CCC(C1)N2C(=O)OCc1ccccc1. The number of carbonyl (C=O) groups excluding carboxylic acids is 2. The van der Waals surface area contributed by atoms with Crippen LogP contribution >= 0.6 is 0 Å². The standard InChI is InChI=1S/C22H29NO5/c24-20(9-10-21-26-11-4-12-27-21)17-13-18-7-8-19(14-17)23(18)22(25)28-15-16-5-2-1-3-6-16/h1-3,5-6,17-19,21H,4,7-15H2. The third kappa shape index (κ3) is 4.55. The summed E-state index contributed by atoms with van der Waals surface area (Å²) in [5.74, 6) is 0.325. The molecule has 1 aromatic rings. The van der Waals surface area contributed by atoms with Gasteiger partial charge in [0.15, 0.2) is 6.29 Å². The van der Waals surface area contributed by atoms with Gasteiger partial charge in [-0.1, -0.05) is 30.3 Å². The monoisotopic (exact) mass is 387 g/mol. The summed E-state index contributed by atoms with van der Waals surface area (Å²) in [5.41, 5.74) is 0.986. The summed E-state index contributed by atoms with van der Waals surface area (Å²) in [5, 5.41) is 0. The molecule has 0 aliphatic carbocycles. The van der Waals surface area contributed by atoms with E-state index in [1.807, 2.05) is 35.2 Å². The van der Waals surface area contributed by atoms with Crippen molar-refractivity contribution in [3.63, 3.8) is 0 Å². The van der Waals surface area contributed by atoms with Crippen molar-refractivity contribution in [3.8, 4) is 0 Å². The number of ether oxygens (including phenoxy) is 3. The molecule has 2 bridgehead atoms. The molecule has 1 amide bonds. The molecular weight excluding hydrogens is 358 g/mol. The Hall–Kier alpha value is -1.92. The normalized spacial score (nSPS) is 27.6. The number of carbonyl (C=O) groups is 2. The zero-order valence-electron chi connectivity index (χ0n) is 16.3. The first-order valence-corrected chi connectivity index (χ1v) is 10.5. The molecule has 3 aliphatic heterocycles. The van der Waals surface area contributed by atoms with Gasteiger partial charge in [0.05, 0.1) is 13.2 Å². The quantitative estimate of drug-likeness (QED) is 0.745. The second-order valence-electron chi connectivity index (χ2n) is 8.03. The van der Waals surface area contributed by atoms with Crippen LogP contribution in [-0.4, -0.2) is 48.4 Å². The zero-order valence-corrected chi connectivity index (χ0v) is 16.3. The highest BCUT2D eigenvalue weighted by atomic mass is 16.7. The van der Waals surface area contributed by atoms with Crippen molar-refractivity contribution in [2.24, 2.45) is 5.92 Å². The van der Waals surface area contributed by atoms with E-state index in [2.05, 4.69) is 0 Å². The number of ketones is 1. The van der Waals surface area contributed by atoms with E-state index in [4.69, 9.17) is 14.2 Å². The number of benzene rings is 1. The smallest absolute Gasteiger partial charge is 0.410 e. The van der Waals surface area contributed by atoms with Gasteiger partial charge in [-0.15, -0.1) is 0 Å². The number of amides is 1. The molecule has 3 fully saturated rings. The third-order valence-corrected chi connectivity index (χ3v) is 6.13. The van der Waals surface area contributed by atoms with E-state index < -0.39 is 0 Å². The molecule has 3 aliphatic rings. The van der Waals surface area contributed by atoms with Crippen LogP contribution in [0.3, 0.4) is 0 Å². The second-order valence-corrected chi connectivity index (χ2v) is 8.03. The first kappa shape index (κ1) is 19.4. The molecule has 4 rings (SSSR count). The summed E-state index contributed by atoms with van der Waals surface area (Å²) < 4.78 is 16.6. The van der Waals surface area contributed by atoms with Gasteiger partial charge in [0.25, 0.3) is 0 Å². The van der Waals surface area contributed by atoms with Crippen LogP contribution in [0.25, 0.3) is 0 Å². The molecule has 3 saturated heterocycles. The van der Waals surface area contributed by atoms with Crippen LogP contribution in [0.4, 0.5) is 4.79 Å². The Bertz CT molecular complexity index is 659. The molecular formula is C22H29NO5. The van der Waals surface area contributed by atoms with E-state index in [1.165, 1.54) is 0 Å². The Labute approximate surface area is 166 Å². The lowest BCUT2D eigenvalue weighted by molar-refractivity contribution is -0.182. The van der Waals surface area contributed by atoms with Crippen molar-refractivity contribution < 1.29 is 23.8 Å². The summed E-state index contributed by atoms with van der Waals surface area (Å²) >= 11 is 0. The topological polar surface area (TPSA) is 65.1 Å². The minimum atomic E-state index is -0.244. The molecule has 0 aromatic heterocycles. The van der Waals surface area contributed by atoms with Crippen molar-refractivity contribution in [3.05, 3.63) is 35.9 Å². The van der Waals surface area contributed by atoms with Crippen LogP contribution in [0.1, 0.15) is 50.5 Å². The maximum Gasteiger partial charge on any atom is 0.410 e. The number of piperidine rings is 1. The average molecular weight is 387 g/mol. The first-order valence-electron chi connectivity index (χ1n) is 10.5. The lowest BCUT2D eigenvalue weighted by Gasteiger charge is -2.37. The third-order valence-electron chi connectivity index (χ3n) is 6.13. The number of hydrogen-bond donors (Lipinski definition) is 0. The Morgan fingerprint density at radius 2 is 1.71 bits per heavy atom. The Morgan fingerprint density at radius 1 is 1.04 bits per heavy atom. The van der Waals surface area contributed by atoms with Crippen LogP contribution in [0.5, 0.6) is 0 Å². The molecule has 0 N–H and O–H groups in total. The van der Waals surface area contributed by atoms with Crippen molar-refractivity contribution >= 4 is 11.9 Å². The van der Waals surface area contributed by atoms with Gasteiger partial charge in [0, 0.05) is 30.8 Å². The van der Waals surface area contributed by atoms with E-state index in [9.17, 15) is 9.59 Å². The van der Waals surface area contributed by atoms with E-state index >= 15 is 0 Å². The predicted molar refractivity (Wildman–Crippen MR) is 103 cm³/mol. The molecule has 2 unspecified atom stereocenters. The van der Waals surface area contributed by atoms with Gasteiger partial charge >= 0.3 is 6.09 Å². The average Bonchev–Trinajstić information content (AvgIpc) is 3.01. The fourth-order valence-electron chi connectivity index (χ4n) is 4.70. The fourth-order valence-corrected chi connectivity index (χ4v) is 4.70. The summed E-state index contributed by atoms with van der Waals surface area (Å²) in [6.07, 6.45) is 5.00. The van der Waals surface area contributed by atoms with Crippen molar-refractivity contribution in [1.82, 2.24) is 4.90 Å². The van der Waals surface area contributed by atoms with Gasteiger partial charge in [-0.2, -0.15) is 0 Å². The number of fused-ring (bicyclic) bond motifs is 2. The zero-order chi connectivity index (χ0) is 19.3. The summed E-state index contributed by atoms with van der Waals surface area (Å²) in [6, 6.07) is 9.97. The molecule has 152 valence electrons. The molecule has 6 nitrogen and oxygen atoms in total. The first-order chi connectivity index (χ1) is 13.7. The molecule has 6 heteroatoms. The van der Waals surface area contributed by atoms with Crippen LogP contribution < -0.4 is 0 Å². The molecule has 28 heavy (non-hydrogen) atoms. The second kappa shape index (κ2) is 9.05. The van der Waals surface area contributed by atoms with E-state index in [0.29, 0.717) is 32.7 Å². The van der Waals surface area contributed by atoms with Gasteiger partial charge in [-0.05, 0) is 37.7 Å². The number of hydrogen-bond acceptors (Lipinski definition) is 5.